The zero-order chi connectivity index (χ0) is 17.7. The van der Waals surface area contributed by atoms with Crippen LogP contribution >= 0.6 is 0 Å². The molecule has 1 N–H and O–H groups in total. The maximum Gasteiger partial charge on any atom is 0.276 e. The van der Waals surface area contributed by atoms with E-state index in [1.807, 2.05) is 19.2 Å². The lowest BCUT2D eigenvalue weighted by molar-refractivity contribution is -0.0958. The van der Waals surface area contributed by atoms with E-state index in [4.69, 9.17) is 9.26 Å². The zero-order valence-electron chi connectivity index (χ0n) is 14.4. The Labute approximate surface area is 145 Å². The predicted molar refractivity (Wildman–Crippen MR) is 87.0 cm³/mol. The highest BCUT2D eigenvalue weighted by molar-refractivity contribution is 5.94. The predicted octanol–water partition coefficient (Wildman–Crippen LogP) is 0.984. The number of nitrogens with zero attached hydrogens (tertiary/aromatic N) is 4. The minimum absolute atomic E-state index is 0.167. The summed E-state index contributed by atoms with van der Waals surface area (Å²) in [6, 6.07) is 1.83. The van der Waals surface area contributed by atoms with Crippen LogP contribution in [-0.4, -0.2) is 61.7 Å². The van der Waals surface area contributed by atoms with Crippen LogP contribution in [0.3, 0.4) is 0 Å². The summed E-state index contributed by atoms with van der Waals surface area (Å²) in [5.41, 5.74) is -0.120. The first-order valence-electron chi connectivity index (χ1n) is 8.52. The molecule has 0 saturated carbocycles. The molecule has 134 valence electrons. The van der Waals surface area contributed by atoms with Crippen molar-refractivity contribution in [2.24, 2.45) is 0 Å². The third-order valence-corrected chi connectivity index (χ3v) is 5.27. The summed E-state index contributed by atoms with van der Waals surface area (Å²) in [5, 5.41) is 18.5. The number of aromatic nitrogens is 3. The molecule has 2 saturated heterocycles. The van der Waals surface area contributed by atoms with E-state index in [-0.39, 0.29) is 5.91 Å². The Hall–Kier alpha value is -2.19. The number of aliphatic hydroxyl groups is 1. The lowest BCUT2D eigenvalue weighted by Crippen LogP contribution is -2.63. The Balaban J connectivity index is 1.47. The molecule has 8 nitrogen and oxygen atoms in total. The Kier molecular flexibility index (Phi) is 3.69. The van der Waals surface area contributed by atoms with Crippen molar-refractivity contribution in [3.63, 3.8) is 0 Å². The van der Waals surface area contributed by atoms with Gasteiger partial charge >= 0.3 is 0 Å². The summed E-state index contributed by atoms with van der Waals surface area (Å²) in [6.07, 6.45) is 4.74. The van der Waals surface area contributed by atoms with Crippen molar-refractivity contribution in [2.45, 2.75) is 44.4 Å². The smallest absolute Gasteiger partial charge is 0.276 e. The third kappa shape index (κ3) is 2.75. The van der Waals surface area contributed by atoms with E-state index in [2.05, 4.69) is 10.3 Å². The number of ether oxygens (including phenoxy) is 1. The fraction of sp³-hybridized carbons (Fsp3) is 0.588. The SMILES string of the molecule is CC[C@@]1(O)COC2(CN(C(=O)c3noc(C)c3Cn3cccn3)C2)C1. The summed E-state index contributed by atoms with van der Waals surface area (Å²) in [7, 11) is 0. The minimum Gasteiger partial charge on any atom is -0.387 e. The number of carbonyl (C=O) groups excluding carboxylic acids is 1. The number of aryl methyl sites for hydroxylation is 1. The molecule has 8 heteroatoms. The number of hydrogen-bond donors (Lipinski definition) is 1. The van der Waals surface area contributed by atoms with Gasteiger partial charge in [0.25, 0.3) is 5.91 Å². The molecule has 1 spiro atoms. The molecule has 0 aromatic carbocycles. The van der Waals surface area contributed by atoms with Gasteiger partial charge in [0, 0.05) is 24.4 Å². The molecule has 1 atom stereocenters. The average molecular weight is 346 g/mol. The first-order valence-corrected chi connectivity index (χ1v) is 8.52. The Bertz CT molecular complexity index is 779. The molecule has 4 heterocycles. The first kappa shape index (κ1) is 16.3. The average Bonchev–Trinajstić information content (AvgIpc) is 3.27. The van der Waals surface area contributed by atoms with Gasteiger partial charge < -0.3 is 19.3 Å². The summed E-state index contributed by atoms with van der Waals surface area (Å²) >= 11 is 0. The summed E-state index contributed by atoms with van der Waals surface area (Å²) in [6.45, 7) is 5.46. The molecule has 2 fully saturated rings. The third-order valence-electron chi connectivity index (χ3n) is 5.27. The maximum atomic E-state index is 12.8. The van der Waals surface area contributed by atoms with Crippen molar-refractivity contribution in [2.75, 3.05) is 19.7 Å². The van der Waals surface area contributed by atoms with Gasteiger partial charge in [-0.25, -0.2) is 0 Å². The number of carbonyl (C=O) groups is 1. The number of hydrogen-bond acceptors (Lipinski definition) is 6. The molecule has 4 rings (SSSR count). The van der Waals surface area contributed by atoms with Gasteiger partial charge in [-0.1, -0.05) is 12.1 Å². The lowest BCUT2D eigenvalue weighted by atomic mass is 9.83. The van der Waals surface area contributed by atoms with Crippen LogP contribution in [0, 0.1) is 6.92 Å². The molecule has 0 radical (unpaired) electrons. The van der Waals surface area contributed by atoms with Crippen molar-refractivity contribution in [3.05, 3.63) is 35.5 Å². The van der Waals surface area contributed by atoms with Crippen molar-refractivity contribution >= 4 is 5.91 Å². The van der Waals surface area contributed by atoms with Gasteiger partial charge in [0.1, 0.15) is 11.4 Å². The standard InChI is InChI=1S/C17H22N4O4/c1-3-16(23)8-17(24-11-16)9-20(10-17)15(22)14-13(12(2)25-19-14)7-21-6-4-5-18-21/h4-6,23H,3,7-11H2,1-2H3/t16-/m0/s1. The van der Waals surface area contributed by atoms with Crippen molar-refractivity contribution in [1.82, 2.24) is 19.8 Å². The van der Waals surface area contributed by atoms with Gasteiger partial charge in [0.05, 0.1) is 31.8 Å². The second-order valence-corrected chi connectivity index (χ2v) is 7.16. The second kappa shape index (κ2) is 5.67. The molecule has 25 heavy (non-hydrogen) atoms. The van der Waals surface area contributed by atoms with Crippen LogP contribution in [0.15, 0.2) is 23.0 Å². The first-order chi connectivity index (χ1) is 11.9. The Morgan fingerprint density at radius 1 is 1.44 bits per heavy atom. The number of amides is 1. The summed E-state index contributed by atoms with van der Waals surface area (Å²) in [4.78, 5) is 14.5. The number of likely N-dealkylation sites (tertiary alicyclic amines) is 1. The molecule has 0 aliphatic carbocycles. The monoisotopic (exact) mass is 346 g/mol. The van der Waals surface area contributed by atoms with E-state index in [0.29, 0.717) is 50.5 Å². The fourth-order valence-corrected chi connectivity index (χ4v) is 3.66. The minimum atomic E-state index is -0.773. The summed E-state index contributed by atoms with van der Waals surface area (Å²) in [5.74, 6) is 0.451. The maximum absolute atomic E-state index is 12.8. The van der Waals surface area contributed by atoms with E-state index in [9.17, 15) is 9.90 Å². The van der Waals surface area contributed by atoms with E-state index >= 15 is 0 Å². The molecule has 2 aliphatic heterocycles. The van der Waals surface area contributed by atoms with E-state index in [0.717, 1.165) is 5.56 Å². The van der Waals surface area contributed by atoms with Crippen LogP contribution < -0.4 is 0 Å². The highest BCUT2D eigenvalue weighted by atomic mass is 16.5. The van der Waals surface area contributed by atoms with E-state index < -0.39 is 11.2 Å². The van der Waals surface area contributed by atoms with Gasteiger partial charge in [-0.05, 0) is 19.4 Å². The van der Waals surface area contributed by atoms with Crippen molar-refractivity contribution in [3.8, 4) is 0 Å². The van der Waals surface area contributed by atoms with Gasteiger partial charge in [-0.3, -0.25) is 9.48 Å². The van der Waals surface area contributed by atoms with Crippen LogP contribution in [0.25, 0.3) is 0 Å². The highest BCUT2D eigenvalue weighted by Gasteiger charge is 2.56. The van der Waals surface area contributed by atoms with Gasteiger partial charge in [-0.15, -0.1) is 0 Å². The van der Waals surface area contributed by atoms with E-state index in [1.54, 1.807) is 22.7 Å². The van der Waals surface area contributed by atoms with Crippen LogP contribution in [0.1, 0.15) is 41.6 Å². The Morgan fingerprint density at radius 2 is 2.24 bits per heavy atom. The van der Waals surface area contributed by atoms with Gasteiger partial charge in [0.15, 0.2) is 5.69 Å². The van der Waals surface area contributed by atoms with Crippen LogP contribution in [0.4, 0.5) is 0 Å². The molecule has 2 aromatic heterocycles. The van der Waals surface area contributed by atoms with Crippen LogP contribution in [-0.2, 0) is 11.3 Å². The molecular weight excluding hydrogens is 324 g/mol. The van der Waals surface area contributed by atoms with Gasteiger partial charge in [0.2, 0.25) is 0 Å². The number of rotatable bonds is 4. The Morgan fingerprint density at radius 3 is 2.88 bits per heavy atom. The summed E-state index contributed by atoms with van der Waals surface area (Å²) < 4.78 is 12.8. The molecule has 2 aliphatic rings. The molecule has 0 unspecified atom stereocenters. The topological polar surface area (TPSA) is 93.6 Å². The molecular formula is C17H22N4O4. The fourth-order valence-electron chi connectivity index (χ4n) is 3.66. The second-order valence-electron chi connectivity index (χ2n) is 7.16. The van der Waals surface area contributed by atoms with Gasteiger partial charge in [-0.2, -0.15) is 5.10 Å². The normalized spacial score (nSPS) is 24.7. The zero-order valence-corrected chi connectivity index (χ0v) is 14.4. The highest BCUT2D eigenvalue weighted by Crippen LogP contribution is 2.41. The molecule has 2 aromatic rings. The van der Waals surface area contributed by atoms with Crippen molar-refractivity contribution in [1.29, 1.82) is 0 Å². The quantitative estimate of drug-likeness (QED) is 0.887. The lowest BCUT2D eigenvalue weighted by Gasteiger charge is -2.47. The molecule has 0 bridgehead atoms. The van der Waals surface area contributed by atoms with E-state index in [1.165, 1.54) is 0 Å². The molecule has 1 amide bonds. The van der Waals surface area contributed by atoms with Crippen LogP contribution in [0.2, 0.25) is 0 Å². The van der Waals surface area contributed by atoms with Crippen molar-refractivity contribution < 1.29 is 19.2 Å². The largest absolute Gasteiger partial charge is 0.387 e. The van der Waals surface area contributed by atoms with Crippen LogP contribution in [0.5, 0.6) is 0 Å².